The minimum atomic E-state index is -3.06. The Morgan fingerprint density at radius 2 is 2.00 bits per heavy atom. The summed E-state index contributed by atoms with van der Waals surface area (Å²) in [5, 5.41) is 10.4. The summed E-state index contributed by atoms with van der Waals surface area (Å²) in [5.74, 6) is -0.207. The van der Waals surface area contributed by atoms with Crippen LogP contribution in [0.4, 0.5) is 23.2 Å². The van der Waals surface area contributed by atoms with Gasteiger partial charge in [0.1, 0.15) is 23.2 Å². The molecular formula is C18H16ClF4N5O2. The highest BCUT2D eigenvalue weighted by molar-refractivity contribution is 6.30. The van der Waals surface area contributed by atoms with Gasteiger partial charge in [-0.2, -0.15) is 10.2 Å². The number of amides is 1. The Labute approximate surface area is 173 Å². The number of aromatic nitrogens is 4. The second-order valence-corrected chi connectivity index (χ2v) is 6.64. The predicted octanol–water partition coefficient (Wildman–Crippen LogP) is 4.84. The number of halogens is 5. The molecule has 1 unspecified atom stereocenters. The maximum absolute atomic E-state index is 13.1. The van der Waals surface area contributed by atoms with Gasteiger partial charge < -0.3 is 10.1 Å². The lowest BCUT2D eigenvalue weighted by atomic mass is 10.3. The van der Waals surface area contributed by atoms with E-state index >= 15 is 0 Å². The third-order valence-corrected chi connectivity index (χ3v) is 4.27. The second-order valence-electron chi connectivity index (χ2n) is 6.20. The first-order valence-electron chi connectivity index (χ1n) is 8.62. The van der Waals surface area contributed by atoms with Gasteiger partial charge in [-0.05, 0) is 31.2 Å². The minimum absolute atomic E-state index is 0.0260. The number of carbonyl (C=O) groups is 1. The Hall–Kier alpha value is -3.08. The fourth-order valence-electron chi connectivity index (χ4n) is 2.56. The van der Waals surface area contributed by atoms with E-state index in [9.17, 15) is 22.4 Å². The molecule has 7 nitrogen and oxygen atoms in total. The molecule has 1 N–H and O–H groups in total. The molecule has 0 aliphatic rings. The van der Waals surface area contributed by atoms with E-state index in [1.807, 2.05) is 0 Å². The van der Waals surface area contributed by atoms with Gasteiger partial charge in [0, 0.05) is 5.02 Å². The summed E-state index contributed by atoms with van der Waals surface area (Å²) in [6.07, 6.45) is -3.31. The lowest BCUT2D eigenvalue weighted by Crippen LogP contribution is -2.26. The lowest BCUT2D eigenvalue weighted by Gasteiger charge is -2.14. The highest BCUT2D eigenvalue weighted by Crippen LogP contribution is 2.27. The number of carbonyl (C=O) groups excluding carboxylic acids is 1. The lowest BCUT2D eigenvalue weighted by molar-refractivity contribution is -0.119. The average Bonchev–Trinajstić information content (AvgIpc) is 3.33. The van der Waals surface area contributed by atoms with Gasteiger partial charge >= 0.3 is 0 Å². The summed E-state index contributed by atoms with van der Waals surface area (Å²) in [6.45, 7) is 1.30. The monoisotopic (exact) mass is 445 g/mol. The topological polar surface area (TPSA) is 74.0 Å². The molecule has 3 aromatic rings. The van der Waals surface area contributed by atoms with Crippen LogP contribution in [0.25, 0.3) is 0 Å². The largest absolute Gasteiger partial charge is 0.471 e. The molecule has 12 heteroatoms. The summed E-state index contributed by atoms with van der Waals surface area (Å²) < 4.78 is 59.4. The van der Waals surface area contributed by atoms with Crippen LogP contribution >= 0.6 is 11.6 Å². The molecule has 1 atom stereocenters. The van der Waals surface area contributed by atoms with Crippen molar-refractivity contribution in [3.05, 3.63) is 59.1 Å². The zero-order valence-electron chi connectivity index (χ0n) is 15.5. The molecule has 1 aromatic carbocycles. The van der Waals surface area contributed by atoms with Crippen molar-refractivity contribution in [1.82, 2.24) is 19.6 Å². The summed E-state index contributed by atoms with van der Waals surface area (Å²) >= 11 is 5.87. The van der Waals surface area contributed by atoms with Gasteiger partial charge in [-0.25, -0.2) is 22.2 Å². The molecule has 0 aliphatic heterocycles. The van der Waals surface area contributed by atoms with Crippen LogP contribution in [0.2, 0.25) is 5.02 Å². The number of ether oxygens (including phenoxy) is 1. The molecule has 3 rings (SSSR count). The molecule has 160 valence electrons. The molecule has 0 fully saturated rings. The van der Waals surface area contributed by atoms with Gasteiger partial charge in [-0.15, -0.1) is 0 Å². The molecule has 0 aliphatic carbocycles. The Morgan fingerprint density at radius 1 is 1.23 bits per heavy atom. The van der Waals surface area contributed by atoms with E-state index in [-0.39, 0.29) is 12.4 Å². The van der Waals surface area contributed by atoms with Gasteiger partial charge in [0.05, 0.1) is 18.1 Å². The van der Waals surface area contributed by atoms with Crippen molar-refractivity contribution in [2.75, 3.05) is 5.32 Å². The first-order chi connectivity index (χ1) is 14.2. The van der Waals surface area contributed by atoms with Crippen molar-refractivity contribution in [1.29, 1.82) is 0 Å². The number of benzene rings is 1. The molecule has 0 spiro atoms. The SMILES string of the molecule is CC(C(=O)Nc1cnn(COc2cccc(Cl)c2)c1)n1nc(C(F)F)cc1C(F)F. The van der Waals surface area contributed by atoms with Crippen LogP contribution in [-0.4, -0.2) is 25.5 Å². The molecule has 0 bridgehead atoms. The van der Waals surface area contributed by atoms with Crippen LogP contribution in [0.15, 0.2) is 42.7 Å². The molecule has 0 saturated carbocycles. The number of nitrogens with one attached hydrogen (secondary N) is 1. The van der Waals surface area contributed by atoms with E-state index in [0.29, 0.717) is 21.5 Å². The van der Waals surface area contributed by atoms with Crippen molar-refractivity contribution in [3.8, 4) is 5.75 Å². The molecule has 30 heavy (non-hydrogen) atoms. The average molecular weight is 446 g/mol. The fraction of sp³-hybridized carbons (Fsp3) is 0.278. The summed E-state index contributed by atoms with van der Waals surface area (Å²) in [4.78, 5) is 12.4. The van der Waals surface area contributed by atoms with E-state index in [0.717, 1.165) is 0 Å². The molecule has 0 saturated heterocycles. The van der Waals surface area contributed by atoms with E-state index in [4.69, 9.17) is 16.3 Å². The number of hydrogen-bond donors (Lipinski definition) is 1. The van der Waals surface area contributed by atoms with Crippen LogP contribution in [-0.2, 0) is 11.5 Å². The number of alkyl halides is 4. The molecule has 1 amide bonds. The number of rotatable bonds is 8. The van der Waals surface area contributed by atoms with Crippen molar-refractivity contribution in [2.24, 2.45) is 0 Å². The maximum Gasteiger partial charge on any atom is 0.282 e. The van der Waals surface area contributed by atoms with Crippen molar-refractivity contribution < 1.29 is 27.1 Å². The smallest absolute Gasteiger partial charge is 0.282 e. The normalized spacial score (nSPS) is 12.4. The molecule has 2 aromatic heterocycles. The van der Waals surface area contributed by atoms with Crippen molar-refractivity contribution in [2.45, 2.75) is 32.5 Å². The molecule has 0 radical (unpaired) electrons. The Morgan fingerprint density at radius 3 is 2.67 bits per heavy atom. The number of hydrogen-bond acceptors (Lipinski definition) is 4. The van der Waals surface area contributed by atoms with E-state index < -0.39 is 36.2 Å². The van der Waals surface area contributed by atoms with Gasteiger partial charge in [-0.1, -0.05) is 17.7 Å². The second kappa shape index (κ2) is 9.16. The van der Waals surface area contributed by atoms with Crippen LogP contribution < -0.4 is 10.1 Å². The first kappa shape index (κ1) is 21.6. The van der Waals surface area contributed by atoms with Gasteiger partial charge in [0.15, 0.2) is 6.73 Å². The van der Waals surface area contributed by atoms with Gasteiger partial charge in [-0.3, -0.25) is 9.48 Å². The summed E-state index contributed by atoms with van der Waals surface area (Å²) in [6, 6.07) is 6.07. The van der Waals surface area contributed by atoms with Crippen LogP contribution in [0.3, 0.4) is 0 Å². The fourth-order valence-corrected chi connectivity index (χ4v) is 2.74. The van der Waals surface area contributed by atoms with Gasteiger partial charge in [0.2, 0.25) is 5.91 Å². The number of anilines is 1. The van der Waals surface area contributed by atoms with Crippen molar-refractivity contribution >= 4 is 23.2 Å². The first-order valence-corrected chi connectivity index (χ1v) is 8.99. The van der Waals surface area contributed by atoms with E-state index in [2.05, 4.69) is 15.5 Å². The third kappa shape index (κ3) is 5.09. The standard InChI is InChI=1S/C18H16ClF4N5O2/c1-10(28-15(17(22)23)6-14(26-28)16(20)21)18(29)25-12-7-24-27(8-12)9-30-13-4-2-3-11(19)5-13/h2-8,10,16-17H,9H2,1H3,(H,25,29). The maximum atomic E-state index is 13.1. The van der Waals surface area contributed by atoms with Crippen LogP contribution in [0.1, 0.15) is 37.2 Å². The minimum Gasteiger partial charge on any atom is -0.471 e. The quantitative estimate of drug-likeness (QED) is 0.503. The van der Waals surface area contributed by atoms with Crippen LogP contribution in [0, 0.1) is 0 Å². The highest BCUT2D eigenvalue weighted by atomic mass is 35.5. The summed E-state index contributed by atoms with van der Waals surface area (Å²) in [5.41, 5.74) is -1.32. The Kier molecular flexibility index (Phi) is 6.60. The molecular weight excluding hydrogens is 430 g/mol. The summed E-state index contributed by atoms with van der Waals surface area (Å²) in [7, 11) is 0. The predicted molar refractivity (Wildman–Crippen MR) is 99.8 cm³/mol. The zero-order valence-corrected chi connectivity index (χ0v) is 16.2. The third-order valence-electron chi connectivity index (χ3n) is 4.04. The number of nitrogens with zero attached hydrogens (tertiary/aromatic N) is 4. The van der Waals surface area contributed by atoms with E-state index in [1.54, 1.807) is 24.3 Å². The Bertz CT molecular complexity index is 1020. The van der Waals surface area contributed by atoms with Crippen LogP contribution in [0.5, 0.6) is 5.75 Å². The van der Waals surface area contributed by atoms with Gasteiger partial charge in [0.25, 0.3) is 12.9 Å². The Balaban J connectivity index is 1.65. The highest BCUT2D eigenvalue weighted by Gasteiger charge is 2.27. The molecule has 2 heterocycles. The van der Waals surface area contributed by atoms with Crippen molar-refractivity contribution in [3.63, 3.8) is 0 Å². The zero-order chi connectivity index (χ0) is 21.8. The van der Waals surface area contributed by atoms with E-state index in [1.165, 1.54) is 24.0 Å².